The Morgan fingerprint density at radius 3 is 2.33 bits per heavy atom. The van der Waals surface area contributed by atoms with Gasteiger partial charge in [0.25, 0.3) is 0 Å². The Bertz CT molecular complexity index is 519. The molecule has 0 aromatic heterocycles. The second-order valence-electron chi connectivity index (χ2n) is 3.22. The van der Waals surface area contributed by atoms with Gasteiger partial charge in [0, 0.05) is 24.6 Å². The van der Waals surface area contributed by atoms with Crippen molar-refractivity contribution in [2.45, 2.75) is 4.90 Å². The fourth-order valence-electron chi connectivity index (χ4n) is 1.29. The molecule has 0 amide bonds. The van der Waals surface area contributed by atoms with Crippen molar-refractivity contribution in [3.63, 3.8) is 0 Å². The number of hydrogen-bond acceptors (Lipinski definition) is 4. The fraction of sp³-hybridized carbons (Fsp3) is 0.400. The summed E-state index contributed by atoms with van der Waals surface area (Å²) in [5, 5.41) is 0.269. The standard InChI is InChI=1S/C10H13Cl2NO4S/c1-16-8-6-10(9(17-2)5-7(8)12)18(14,15)13-4-3-11/h5-6,13H,3-4H2,1-2H3. The largest absolute Gasteiger partial charge is 0.495 e. The third-order valence-electron chi connectivity index (χ3n) is 2.11. The van der Waals surface area contributed by atoms with E-state index in [0.717, 1.165) is 0 Å². The second kappa shape index (κ2) is 6.47. The Balaban J connectivity index is 3.29. The Morgan fingerprint density at radius 1 is 1.22 bits per heavy atom. The third-order valence-corrected chi connectivity index (χ3v) is 4.08. The topological polar surface area (TPSA) is 64.6 Å². The smallest absolute Gasteiger partial charge is 0.244 e. The van der Waals surface area contributed by atoms with E-state index >= 15 is 0 Å². The van der Waals surface area contributed by atoms with Crippen LogP contribution < -0.4 is 14.2 Å². The molecule has 0 saturated heterocycles. The van der Waals surface area contributed by atoms with Gasteiger partial charge in [-0.3, -0.25) is 0 Å². The van der Waals surface area contributed by atoms with Crippen LogP contribution in [0.1, 0.15) is 0 Å². The van der Waals surface area contributed by atoms with Crippen molar-refractivity contribution >= 4 is 33.2 Å². The lowest BCUT2D eigenvalue weighted by Gasteiger charge is -2.12. The molecule has 0 saturated carbocycles. The molecule has 0 spiro atoms. The predicted octanol–water partition coefficient (Wildman–Crippen LogP) is 1.87. The highest BCUT2D eigenvalue weighted by atomic mass is 35.5. The predicted molar refractivity (Wildman–Crippen MR) is 70.5 cm³/mol. The number of ether oxygens (including phenoxy) is 2. The molecule has 0 atom stereocenters. The quantitative estimate of drug-likeness (QED) is 0.814. The number of alkyl halides is 1. The minimum atomic E-state index is -3.71. The van der Waals surface area contributed by atoms with Crippen molar-refractivity contribution in [1.29, 1.82) is 0 Å². The van der Waals surface area contributed by atoms with Crippen molar-refractivity contribution in [1.82, 2.24) is 4.72 Å². The fourth-order valence-corrected chi connectivity index (χ4v) is 2.93. The number of nitrogens with one attached hydrogen (secondary N) is 1. The molecule has 0 heterocycles. The van der Waals surface area contributed by atoms with Crippen molar-refractivity contribution in [2.24, 2.45) is 0 Å². The number of sulfonamides is 1. The number of benzene rings is 1. The maximum Gasteiger partial charge on any atom is 0.244 e. The Labute approximate surface area is 116 Å². The van der Waals surface area contributed by atoms with Crippen molar-refractivity contribution in [3.05, 3.63) is 17.2 Å². The van der Waals surface area contributed by atoms with Crippen molar-refractivity contribution in [2.75, 3.05) is 26.6 Å². The van der Waals surface area contributed by atoms with Crippen molar-refractivity contribution < 1.29 is 17.9 Å². The van der Waals surface area contributed by atoms with Gasteiger partial charge in [-0.15, -0.1) is 11.6 Å². The van der Waals surface area contributed by atoms with E-state index in [1.54, 1.807) is 0 Å². The Hall–Kier alpha value is -0.690. The summed E-state index contributed by atoms with van der Waals surface area (Å²) in [6.45, 7) is 0.123. The zero-order valence-corrected chi connectivity index (χ0v) is 12.2. The van der Waals surface area contributed by atoms with E-state index in [0.29, 0.717) is 0 Å². The zero-order chi connectivity index (χ0) is 13.8. The van der Waals surface area contributed by atoms with E-state index < -0.39 is 10.0 Å². The highest BCUT2D eigenvalue weighted by Gasteiger charge is 2.21. The van der Waals surface area contributed by atoms with Crippen LogP contribution in [0.2, 0.25) is 5.02 Å². The van der Waals surface area contributed by atoms with Crippen LogP contribution in [0.3, 0.4) is 0 Å². The minimum Gasteiger partial charge on any atom is -0.495 e. The summed E-state index contributed by atoms with van der Waals surface area (Å²) in [5.41, 5.74) is 0. The van der Waals surface area contributed by atoms with Gasteiger partial charge in [-0.25, -0.2) is 13.1 Å². The molecule has 1 N–H and O–H groups in total. The van der Waals surface area contributed by atoms with E-state index in [-0.39, 0.29) is 33.8 Å². The summed E-state index contributed by atoms with van der Waals surface area (Å²) in [5.74, 6) is 0.568. The SMILES string of the molecule is COc1cc(S(=O)(=O)NCCCl)c(OC)cc1Cl. The van der Waals surface area contributed by atoms with E-state index in [2.05, 4.69) is 4.72 Å². The van der Waals surface area contributed by atoms with Crippen LogP contribution in [0, 0.1) is 0 Å². The van der Waals surface area contributed by atoms with Gasteiger partial charge in [-0.05, 0) is 0 Å². The molecule has 0 unspecified atom stereocenters. The highest BCUT2D eigenvalue weighted by Crippen LogP contribution is 2.34. The van der Waals surface area contributed by atoms with Crippen LogP contribution in [-0.4, -0.2) is 35.1 Å². The van der Waals surface area contributed by atoms with Crippen LogP contribution in [-0.2, 0) is 10.0 Å². The normalized spacial score (nSPS) is 11.3. The van der Waals surface area contributed by atoms with Gasteiger partial charge in [0.05, 0.1) is 19.2 Å². The van der Waals surface area contributed by atoms with Gasteiger partial charge in [-0.1, -0.05) is 11.6 Å². The summed E-state index contributed by atoms with van der Waals surface area (Å²) < 4.78 is 36.3. The molecule has 0 radical (unpaired) electrons. The van der Waals surface area contributed by atoms with Gasteiger partial charge in [0.2, 0.25) is 10.0 Å². The molecule has 8 heteroatoms. The van der Waals surface area contributed by atoms with Crippen LogP contribution >= 0.6 is 23.2 Å². The maximum absolute atomic E-state index is 12.0. The van der Waals surface area contributed by atoms with Crippen LogP contribution in [0.4, 0.5) is 0 Å². The summed E-state index contributed by atoms with van der Waals surface area (Å²) in [6, 6.07) is 2.69. The summed E-state index contributed by atoms with van der Waals surface area (Å²) in [7, 11) is -0.954. The first kappa shape index (κ1) is 15.4. The number of hydrogen-bond donors (Lipinski definition) is 1. The molecular formula is C10H13Cl2NO4S. The molecule has 1 aromatic rings. The van der Waals surface area contributed by atoms with E-state index in [1.165, 1.54) is 26.4 Å². The minimum absolute atomic E-state index is 0.0450. The van der Waals surface area contributed by atoms with E-state index in [9.17, 15) is 8.42 Å². The molecule has 5 nitrogen and oxygen atoms in total. The summed E-state index contributed by atoms with van der Waals surface area (Å²) >= 11 is 11.3. The molecule has 1 aromatic carbocycles. The highest BCUT2D eigenvalue weighted by molar-refractivity contribution is 7.89. The first-order chi connectivity index (χ1) is 8.46. The van der Waals surface area contributed by atoms with Crippen molar-refractivity contribution in [3.8, 4) is 11.5 Å². The van der Waals surface area contributed by atoms with E-state index in [4.69, 9.17) is 32.7 Å². The molecule has 0 aliphatic rings. The average Bonchev–Trinajstić information content (AvgIpc) is 2.35. The van der Waals surface area contributed by atoms with Crippen LogP contribution in [0.25, 0.3) is 0 Å². The summed E-state index contributed by atoms with van der Waals surface area (Å²) in [4.78, 5) is -0.0450. The number of halogens is 2. The lowest BCUT2D eigenvalue weighted by atomic mass is 10.3. The number of methoxy groups -OCH3 is 2. The van der Waals surface area contributed by atoms with Gasteiger partial charge < -0.3 is 9.47 Å². The molecular weight excluding hydrogens is 301 g/mol. The summed E-state index contributed by atoms with van der Waals surface area (Å²) in [6.07, 6.45) is 0. The first-order valence-electron chi connectivity index (χ1n) is 4.93. The second-order valence-corrected chi connectivity index (χ2v) is 5.74. The molecule has 102 valence electrons. The number of rotatable bonds is 6. The monoisotopic (exact) mass is 313 g/mol. The van der Waals surface area contributed by atoms with E-state index in [1.807, 2.05) is 0 Å². The van der Waals surface area contributed by atoms with Crippen LogP contribution in [0.15, 0.2) is 17.0 Å². The van der Waals surface area contributed by atoms with Gasteiger partial charge in [-0.2, -0.15) is 0 Å². The maximum atomic E-state index is 12.0. The van der Waals surface area contributed by atoms with Gasteiger partial charge >= 0.3 is 0 Å². The Morgan fingerprint density at radius 2 is 1.83 bits per heavy atom. The average molecular weight is 314 g/mol. The molecule has 18 heavy (non-hydrogen) atoms. The third kappa shape index (κ3) is 3.41. The van der Waals surface area contributed by atoms with Gasteiger partial charge in [0.15, 0.2) is 0 Å². The lowest BCUT2D eigenvalue weighted by molar-refractivity contribution is 0.392. The lowest BCUT2D eigenvalue weighted by Crippen LogP contribution is -2.26. The molecule has 0 fully saturated rings. The Kier molecular flexibility index (Phi) is 5.52. The zero-order valence-electron chi connectivity index (χ0n) is 9.87. The first-order valence-corrected chi connectivity index (χ1v) is 7.33. The molecule has 1 rings (SSSR count). The molecule has 0 aliphatic heterocycles. The van der Waals surface area contributed by atoms with Gasteiger partial charge in [0.1, 0.15) is 16.4 Å². The van der Waals surface area contributed by atoms with Crippen LogP contribution in [0.5, 0.6) is 11.5 Å². The molecule has 0 bridgehead atoms. The molecule has 0 aliphatic carbocycles.